The number of benzene rings is 2. The molecule has 3 nitrogen and oxygen atoms in total. The molecule has 0 saturated heterocycles. The molecule has 0 spiro atoms. The van der Waals surface area contributed by atoms with Gasteiger partial charge >= 0.3 is 0 Å². The topological polar surface area (TPSA) is 34.0 Å². The standard InChI is InChI=1S/C16H13Cl3N2O/c1-2-21-13-6-4-3-5-11(13)12-9-10(7-8-14(12)21)20-15(22)16(17,18)19/h3-9H,2H2,1H3,(H,20,22). The number of rotatable bonds is 2. The Balaban J connectivity index is 2.14. The van der Waals surface area contributed by atoms with Gasteiger partial charge in [0.05, 0.1) is 0 Å². The summed E-state index contributed by atoms with van der Waals surface area (Å²) in [6.07, 6.45) is 0. The fraction of sp³-hybridized carbons (Fsp3) is 0.188. The number of nitrogens with zero attached hydrogens (tertiary/aromatic N) is 1. The summed E-state index contributed by atoms with van der Waals surface area (Å²) in [7, 11) is 0. The molecule has 3 rings (SSSR count). The van der Waals surface area contributed by atoms with E-state index in [1.807, 2.05) is 30.3 Å². The van der Waals surface area contributed by atoms with Crippen LogP contribution in [-0.2, 0) is 11.3 Å². The number of fused-ring (bicyclic) bond motifs is 3. The van der Waals surface area contributed by atoms with E-state index in [2.05, 4.69) is 28.9 Å². The highest BCUT2D eigenvalue weighted by molar-refractivity contribution is 6.76. The molecule has 0 atom stereocenters. The summed E-state index contributed by atoms with van der Waals surface area (Å²) in [4.78, 5) is 11.8. The maximum absolute atomic E-state index is 11.8. The van der Waals surface area contributed by atoms with Gasteiger partial charge in [0.15, 0.2) is 0 Å². The van der Waals surface area contributed by atoms with Gasteiger partial charge in [-0.2, -0.15) is 0 Å². The summed E-state index contributed by atoms with van der Waals surface area (Å²) < 4.78 is 0.248. The smallest absolute Gasteiger partial charge is 0.276 e. The number of hydrogen-bond acceptors (Lipinski definition) is 1. The third kappa shape index (κ3) is 2.65. The molecule has 0 fully saturated rings. The van der Waals surface area contributed by atoms with Crippen molar-refractivity contribution in [3.63, 3.8) is 0 Å². The summed E-state index contributed by atoms with van der Waals surface area (Å²) in [5.74, 6) is -0.670. The van der Waals surface area contributed by atoms with Crippen LogP contribution in [0.4, 0.5) is 5.69 Å². The van der Waals surface area contributed by atoms with Crippen LogP contribution < -0.4 is 5.32 Å². The molecular weight excluding hydrogens is 343 g/mol. The zero-order chi connectivity index (χ0) is 15.9. The van der Waals surface area contributed by atoms with Crippen LogP contribution in [0.2, 0.25) is 0 Å². The molecule has 0 radical (unpaired) electrons. The molecule has 0 bridgehead atoms. The Hall–Kier alpha value is -1.42. The first-order valence-electron chi connectivity index (χ1n) is 6.81. The normalized spacial score (nSPS) is 12.0. The molecule has 2 aromatic carbocycles. The van der Waals surface area contributed by atoms with Crippen molar-refractivity contribution in [2.45, 2.75) is 17.3 Å². The fourth-order valence-corrected chi connectivity index (χ4v) is 2.82. The molecule has 114 valence electrons. The highest BCUT2D eigenvalue weighted by Gasteiger charge is 2.30. The van der Waals surface area contributed by atoms with E-state index in [1.165, 1.54) is 0 Å². The Morgan fingerprint density at radius 1 is 1.09 bits per heavy atom. The summed E-state index contributed by atoms with van der Waals surface area (Å²) in [6, 6.07) is 13.8. The number of para-hydroxylation sites is 1. The van der Waals surface area contributed by atoms with Crippen molar-refractivity contribution in [1.82, 2.24) is 4.57 Å². The van der Waals surface area contributed by atoms with Crippen LogP contribution in [0.3, 0.4) is 0 Å². The van der Waals surface area contributed by atoms with E-state index in [1.54, 1.807) is 0 Å². The first kappa shape index (κ1) is 15.5. The van der Waals surface area contributed by atoms with Gasteiger partial charge in [0.1, 0.15) is 0 Å². The number of aryl methyl sites for hydroxylation is 1. The molecule has 1 amide bonds. The second-order valence-electron chi connectivity index (χ2n) is 4.95. The third-order valence-electron chi connectivity index (χ3n) is 3.60. The minimum Gasteiger partial charge on any atom is -0.341 e. The lowest BCUT2D eigenvalue weighted by Gasteiger charge is -2.11. The summed E-state index contributed by atoms with van der Waals surface area (Å²) in [5, 5.41) is 4.81. The van der Waals surface area contributed by atoms with Crippen molar-refractivity contribution in [2.75, 3.05) is 5.32 Å². The molecule has 1 aromatic heterocycles. The zero-order valence-electron chi connectivity index (χ0n) is 11.7. The second kappa shape index (κ2) is 5.65. The van der Waals surface area contributed by atoms with E-state index >= 15 is 0 Å². The highest BCUT2D eigenvalue weighted by atomic mass is 35.6. The van der Waals surface area contributed by atoms with Gasteiger partial charge in [-0.05, 0) is 31.2 Å². The second-order valence-corrected chi connectivity index (χ2v) is 7.23. The van der Waals surface area contributed by atoms with Crippen molar-refractivity contribution in [3.8, 4) is 0 Å². The number of aromatic nitrogens is 1. The molecule has 6 heteroatoms. The van der Waals surface area contributed by atoms with Crippen molar-refractivity contribution < 1.29 is 4.79 Å². The molecule has 0 unspecified atom stereocenters. The van der Waals surface area contributed by atoms with Crippen LogP contribution in [0.25, 0.3) is 21.8 Å². The van der Waals surface area contributed by atoms with Crippen molar-refractivity contribution in [3.05, 3.63) is 42.5 Å². The van der Waals surface area contributed by atoms with Crippen molar-refractivity contribution >= 4 is 68.2 Å². The molecule has 3 aromatic rings. The summed E-state index contributed by atoms with van der Waals surface area (Å²) in [5.41, 5.74) is 2.86. The number of hydrogen-bond donors (Lipinski definition) is 1. The predicted molar refractivity (Wildman–Crippen MR) is 94.0 cm³/mol. The lowest BCUT2D eigenvalue weighted by molar-refractivity contribution is -0.115. The van der Waals surface area contributed by atoms with Crippen LogP contribution in [0.15, 0.2) is 42.5 Å². The van der Waals surface area contributed by atoms with Gasteiger partial charge in [-0.1, -0.05) is 53.0 Å². The Bertz CT molecular complexity index is 865. The maximum atomic E-state index is 11.8. The van der Waals surface area contributed by atoms with E-state index in [4.69, 9.17) is 34.8 Å². The number of amides is 1. The third-order valence-corrected chi connectivity index (χ3v) is 4.12. The molecular formula is C16H13Cl3N2O. The van der Waals surface area contributed by atoms with Gasteiger partial charge in [-0.3, -0.25) is 4.79 Å². The van der Waals surface area contributed by atoms with Gasteiger partial charge in [0.25, 0.3) is 9.70 Å². The van der Waals surface area contributed by atoms with Gasteiger partial charge in [-0.15, -0.1) is 0 Å². The van der Waals surface area contributed by atoms with Crippen LogP contribution in [0.5, 0.6) is 0 Å². The summed E-state index contributed by atoms with van der Waals surface area (Å²) in [6.45, 7) is 2.97. The molecule has 1 N–H and O–H groups in total. The van der Waals surface area contributed by atoms with E-state index in [0.29, 0.717) is 5.69 Å². The molecule has 1 heterocycles. The Labute approximate surface area is 142 Å². The quantitative estimate of drug-likeness (QED) is 0.636. The number of carbonyl (C=O) groups excluding carboxylic acids is 1. The minimum atomic E-state index is -1.98. The average Bonchev–Trinajstić information content (AvgIpc) is 2.79. The molecule has 0 aliphatic carbocycles. The predicted octanol–water partition coefficient (Wildman–Crippen LogP) is 5.12. The van der Waals surface area contributed by atoms with Crippen molar-refractivity contribution in [2.24, 2.45) is 0 Å². The fourth-order valence-electron chi connectivity index (χ4n) is 2.67. The summed E-state index contributed by atoms with van der Waals surface area (Å²) >= 11 is 16.8. The van der Waals surface area contributed by atoms with Crippen LogP contribution >= 0.6 is 34.8 Å². The maximum Gasteiger partial charge on any atom is 0.276 e. The molecule has 0 aliphatic heterocycles. The van der Waals surface area contributed by atoms with Crippen LogP contribution in [0, 0.1) is 0 Å². The average molecular weight is 356 g/mol. The van der Waals surface area contributed by atoms with Crippen LogP contribution in [-0.4, -0.2) is 14.3 Å². The zero-order valence-corrected chi connectivity index (χ0v) is 14.0. The van der Waals surface area contributed by atoms with E-state index in [0.717, 1.165) is 28.4 Å². The number of anilines is 1. The van der Waals surface area contributed by atoms with E-state index < -0.39 is 9.70 Å². The van der Waals surface area contributed by atoms with Crippen molar-refractivity contribution in [1.29, 1.82) is 0 Å². The number of alkyl halides is 3. The lowest BCUT2D eigenvalue weighted by Crippen LogP contribution is -2.26. The van der Waals surface area contributed by atoms with E-state index in [-0.39, 0.29) is 0 Å². The number of nitrogens with one attached hydrogen (secondary N) is 1. The first-order valence-corrected chi connectivity index (χ1v) is 7.94. The SMILES string of the molecule is CCn1c2ccccc2c2cc(NC(=O)C(Cl)(Cl)Cl)ccc21. The molecule has 0 aliphatic rings. The monoisotopic (exact) mass is 354 g/mol. The minimum absolute atomic E-state index is 0.600. The molecule has 22 heavy (non-hydrogen) atoms. The largest absolute Gasteiger partial charge is 0.341 e. The lowest BCUT2D eigenvalue weighted by atomic mass is 10.1. The number of carbonyl (C=O) groups is 1. The van der Waals surface area contributed by atoms with Gasteiger partial charge in [0, 0.05) is 34.0 Å². The van der Waals surface area contributed by atoms with E-state index in [9.17, 15) is 4.79 Å². The van der Waals surface area contributed by atoms with Gasteiger partial charge in [0.2, 0.25) is 0 Å². The van der Waals surface area contributed by atoms with Gasteiger partial charge < -0.3 is 9.88 Å². The highest BCUT2D eigenvalue weighted by Crippen LogP contribution is 2.32. The molecule has 0 saturated carbocycles. The number of halogens is 3. The van der Waals surface area contributed by atoms with Crippen LogP contribution in [0.1, 0.15) is 6.92 Å². The van der Waals surface area contributed by atoms with Gasteiger partial charge in [-0.25, -0.2) is 0 Å². The Morgan fingerprint density at radius 3 is 2.45 bits per heavy atom. The Morgan fingerprint density at radius 2 is 1.77 bits per heavy atom. The Kier molecular flexibility index (Phi) is 3.98. The first-order chi connectivity index (χ1) is 10.4.